The van der Waals surface area contributed by atoms with Crippen LogP contribution in [-0.4, -0.2) is 40.7 Å². The first-order valence-corrected chi connectivity index (χ1v) is 8.87. The lowest BCUT2D eigenvalue weighted by Crippen LogP contribution is -2.43. The van der Waals surface area contributed by atoms with Crippen LogP contribution in [0, 0.1) is 11.8 Å². The molecule has 0 amide bonds. The SMILES string of the molecule is ClCC#Cc1cncc(OC2CCOC3(CCSC3)C2)c1. The number of halogens is 1. The van der Waals surface area contributed by atoms with E-state index < -0.39 is 0 Å². The van der Waals surface area contributed by atoms with Gasteiger partial charge in [0.2, 0.25) is 0 Å². The number of thioether (sulfide) groups is 1. The fraction of sp³-hybridized carbons (Fsp3) is 0.562. The fourth-order valence-corrected chi connectivity index (χ4v) is 4.27. The van der Waals surface area contributed by atoms with Crippen LogP contribution in [0.1, 0.15) is 24.8 Å². The summed E-state index contributed by atoms with van der Waals surface area (Å²) in [6.45, 7) is 0.782. The minimum absolute atomic E-state index is 0.0387. The van der Waals surface area contributed by atoms with E-state index in [0.29, 0.717) is 5.88 Å². The Bertz CT molecular complexity index is 549. The van der Waals surface area contributed by atoms with Gasteiger partial charge in [-0.2, -0.15) is 11.8 Å². The van der Waals surface area contributed by atoms with E-state index in [1.807, 2.05) is 17.8 Å². The second-order valence-electron chi connectivity index (χ2n) is 5.41. The normalized spacial score (nSPS) is 28.1. The molecule has 2 unspecified atom stereocenters. The molecule has 21 heavy (non-hydrogen) atoms. The zero-order chi connectivity index (χ0) is 14.5. The number of pyridine rings is 1. The minimum Gasteiger partial charge on any atom is -0.489 e. The summed E-state index contributed by atoms with van der Waals surface area (Å²) in [4.78, 5) is 4.19. The number of aromatic nitrogens is 1. The number of rotatable bonds is 2. The average Bonchev–Trinajstić information content (AvgIpc) is 2.93. The third-order valence-electron chi connectivity index (χ3n) is 3.83. The van der Waals surface area contributed by atoms with Crippen molar-refractivity contribution in [2.45, 2.75) is 31.0 Å². The van der Waals surface area contributed by atoms with Crippen molar-refractivity contribution in [1.29, 1.82) is 0 Å². The van der Waals surface area contributed by atoms with Crippen LogP contribution in [0.4, 0.5) is 0 Å². The van der Waals surface area contributed by atoms with Gasteiger partial charge in [-0.15, -0.1) is 11.6 Å². The van der Waals surface area contributed by atoms with E-state index in [-0.39, 0.29) is 11.7 Å². The molecule has 0 aromatic carbocycles. The molecular weight excluding hydrogens is 306 g/mol. The highest BCUT2D eigenvalue weighted by Crippen LogP contribution is 2.39. The first kappa shape index (κ1) is 15.0. The molecule has 0 saturated carbocycles. The maximum atomic E-state index is 6.11. The van der Waals surface area contributed by atoms with Gasteiger partial charge in [0, 0.05) is 30.4 Å². The van der Waals surface area contributed by atoms with E-state index in [2.05, 4.69) is 16.8 Å². The number of hydrogen-bond donors (Lipinski definition) is 0. The predicted octanol–water partition coefficient (Wildman–Crippen LogP) is 3.11. The van der Waals surface area contributed by atoms with Crippen LogP contribution in [0.15, 0.2) is 18.5 Å². The zero-order valence-corrected chi connectivity index (χ0v) is 13.4. The fourth-order valence-electron chi connectivity index (χ4n) is 2.83. The van der Waals surface area contributed by atoms with Crippen molar-refractivity contribution in [3.05, 3.63) is 24.0 Å². The van der Waals surface area contributed by atoms with Gasteiger partial charge in [0.05, 0.1) is 24.3 Å². The quantitative estimate of drug-likeness (QED) is 0.618. The van der Waals surface area contributed by atoms with Crippen LogP contribution in [0.5, 0.6) is 5.75 Å². The molecule has 1 aromatic heterocycles. The Labute approximate surface area is 134 Å². The van der Waals surface area contributed by atoms with Crippen LogP contribution < -0.4 is 4.74 Å². The van der Waals surface area contributed by atoms with Gasteiger partial charge in [-0.25, -0.2) is 0 Å². The van der Waals surface area contributed by atoms with Crippen molar-refractivity contribution in [2.75, 3.05) is 24.0 Å². The largest absolute Gasteiger partial charge is 0.489 e. The molecule has 0 aliphatic carbocycles. The zero-order valence-electron chi connectivity index (χ0n) is 11.8. The van der Waals surface area contributed by atoms with Gasteiger partial charge in [0.15, 0.2) is 0 Å². The maximum Gasteiger partial charge on any atom is 0.139 e. The van der Waals surface area contributed by atoms with Crippen LogP contribution in [0.3, 0.4) is 0 Å². The first-order valence-electron chi connectivity index (χ1n) is 7.18. The van der Waals surface area contributed by atoms with Crippen molar-refractivity contribution < 1.29 is 9.47 Å². The molecule has 3 nitrogen and oxygen atoms in total. The topological polar surface area (TPSA) is 31.4 Å². The molecule has 3 rings (SSSR count). The van der Waals surface area contributed by atoms with Crippen molar-refractivity contribution in [3.8, 4) is 17.6 Å². The second kappa shape index (κ2) is 6.91. The van der Waals surface area contributed by atoms with E-state index in [4.69, 9.17) is 21.1 Å². The Kier molecular flexibility index (Phi) is 4.95. The number of nitrogens with zero attached hydrogens (tertiary/aromatic N) is 1. The van der Waals surface area contributed by atoms with E-state index in [1.54, 1.807) is 12.4 Å². The molecule has 2 aliphatic rings. The first-order chi connectivity index (χ1) is 10.3. The van der Waals surface area contributed by atoms with Gasteiger partial charge in [0.1, 0.15) is 11.9 Å². The standard InChI is InChI=1S/C16H18ClNO2S/c17-5-1-2-13-8-15(11-18-10-13)20-14-3-6-19-16(9-14)4-7-21-12-16/h8,10-11,14H,3-7,9,12H2. The Morgan fingerprint density at radius 3 is 3.29 bits per heavy atom. The van der Waals surface area contributed by atoms with E-state index in [0.717, 1.165) is 42.9 Å². The molecule has 1 aromatic rings. The predicted molar refractivity (Wildman–Crippen MR) is 86.1 cm³/mol. The summed E-state index contributed by atoms with van der Waals surface area (Å²) in [5.74, 6) is 9.19. The van der Waals surface area contributed by atoms with Gasteiger partial charge in [0.25, 0.3) is 0 Å². The number of hydrogen-bond acceptors (Lipinski definition) is 4. The minimum atomic E-state index is 0.0387. The van der Waals surface area contributed by atoms with Gasteiger partial charge < -0.3 is 9.47 Å². The summed E-state index contributed by atoms with van der Waals surface area (Å²) >= 11 is 7.55. The number of ether oxygens (including phenoxy) is 2. The van der Waals surface area contributed by atoms with E-state index in [1.165, 1.54) is 5.75 Å². The van der Waals surface area contributed by atoms with Crippen molar-refractivity contribution in [3.63, 3.8) is 0 Å². The molecule has 1 spiro atoms. The van der Waals surface area contributed by atoms with Crippen molar-refractivity contribution >= 4 is 23.4 Å². The summed E-state index contributed by atoms with van der Waals surface area (Å²) in [7, 11) is 0. The molecule has 0 radical (unpaired) electrons. The summed E-state index contributed by atoms with van der Waals surface area (Å²) in [5.41, 5.74) is 0.878. The highest BCUT2D eigenvalue weighted by atomic mass is 35.5. The molecule has 2 atom stereocenters. The van der Waals surface area contributed by atoms with Crippen LogP contribution in [0.25, 0.3) is 0 Å². The van der Waals surface area contributed by atoms with Crippen LogP contribution >= 0.6 is 23.4 Å². The molecule has 0 bridgehead atoms. The molecule has 0 N–H and O–H groups in total. The van der Waals surface area contributed by atoms with Crippen molar-refractivity contribution in [1.82, 2.24) is 4.98 Å². The molecule has 112 valence electrons. The van der Waals surface area contributed by atoms with Crippen molar-refractivity contribution in [2.24, 2.45) is 0 Å². The summed E-state index contributed by atoms with van der Waals surface area (Å²) in [5, 5.41) is 0. The smallest absolute Gasteiger partial charge is 0.139 e. The van der Waals surface area contributed by atoms with Gasteiger partial charge in [-0.3, -0.25) is 4.98 Å². The Balaban J connectivity index is 1.65. The molecule has 5 heteroatoms. The molecule has 2 fully saturated rings. The third-order valence-corrected chi connectivity index (χ3v) is 5.19. The van der Waals surface area contributed by atoms with Gasteiger partial charge >= 0.3 is 0 Å². The molecule has 3 heterocycles. The highest BCUT2D eigenvalue weighted by molar-refractivity contribution is 7.99. The average molecular weight is 324 g/mol. The van der Waals surface area contributed by atoms with Gasteiger partial charge in [-0.05, 0) is 18.2 Å². The lowest BCUT2D eigenvalue weighted by atomic mass is 9.91. The monoisotopic (exact) mass is 323 g/mol. The van der Waals surface area contributed by atoms with Gasteiger partial charge in [-0.1, -0.05) is 11.8 Å². The van der Waals surface area contributed by atoms with Crippen LogP contribution in [0.2, 0.25) is 0 Å². The number of alkyl halides is 1. The Morgan fingerprint density at radius 2 is 2.48 bits per heavy atom. The highest BCUT2D eigenvalue weighted by Gasteiger charge is 2.41. The second-order valence-corrected chi connectivity index (χ2v) is 6.78. The lowest BCUT2D eigenvalue weighted by Gasteiger charge is -2.37. The summed E-state index contributed by atoms with van der Waals surface area (Å²) in [6, 6.07) is 1.93. The summed E-state index contributed by atoms with van der Waals surface area (Å²) < 4.78 is 12.1. The van der Waals surface area contributed by atoms with E-state index in [9.17, 15) is 0 Å². The van der Waals surface area contributed by atoms with E-state index >= 15 is 0 Å². The maximum absolute atomic E-state index is 6.11. The lowest BCUT2D eigenvalue weighted by molar-refractivity contribution is -0.0959. The molecule has 2 saturated heterocycles. The Hall–Kier alpha value is -0.890. The Morgan fingerprint density at radius 1 is 1.52 bits per heavy atom. The van der Waals surface area contributed by atoms with Crippen LogP contribution in [-0.2, 0) is 4.74 Å². The molecular formula is C16H18ClNO2S. The summed E-state index contributed by atoms with van der Waals surface area (Å²) in [6.07, 6.45) is 6.72. The third kappa shape index (κ3) is 3.85. The molecule has 2 aliphatic heterocycles.